The van der Waals surface area contributed by atoms with Crippen LogP contribution in [0.1, 0.15) is 21.5 Å². The van der Waals surface area contributed by atoms with Gasteiger partial charge in [-0.1, -0.05) is 6.07 Å². The SMILES string of the molecule is Cc1ccc(F)cc1COc1ccc(N)c(C(=O)O)c1. The molecule has 0 bridgehead atoms. The fraction of sp³-hybridized carbons (Fsp3) is 0.133. The van der Waals surface area contributed by atoms with Crippen molar-refractivity contribution in [3.8, 4) is 5.75 Å². The molecule has 0 radical (unpaired) electrons. The van der Waals surface area contributed by atoms with Crippen molar-refractivity contribution >= 4 is 11.7 Å². The predicted molar refractivity (Wildman–Crippen MR) is 73.3 cm³/mol. The van der Waals surface area contributed by atoms with E-state index in [9.17, 15) is 9.18 Å². The Bertz CT molecular complexity index is 656. The molecule has 0 amide bonds. The summed E-state index contributed by atoms with van der Waals surface area (Å²) in [5, 5.41) is 8.97. The van der Waals surface area contributed by atoms with Gasteiger partial charge in [0.1, 0.15) is 18.2 Å². The topological polar surface area (TPSA) is 72.5 Å². The Morgan fingerprint density at radius 2 is 2.05 bits per heavy atom. The second kappa shape index (κ2) is 5.61. The van der Waals surface area contributed by atoms with Crippen LogP contribution in [0.3, 0.4) is 0 Å². The minimum Gasteiger partial charge on any atom is -0.489 e. The van der Waals surface area contributed by atoms with Gasteiger partial charge in [0.2, 0.25) is 0 Å². The number of anilines is 1. The van der Waals surface area contributed by atoms with Gasteiger partial charge in [-0.3, -0.25) is 0 Å². The van der Waals surface area contributed by atoms with Crippen molar-refractivity contribution in [3.63, 3.8) is 0 Å². The Morgan fingerprint density at radius 3 is 2.75 bits per heavy atom. The number of carboxylic acids is 1. The van der Waals surface area contributed by atoms with Crippen LogP contribution in [0.15, 0.2) is 36.4 Å². The number of benzene rings is 2. The van der Waals surface area contributed by atoms with Gasteiger partial charge in [-0.2, -0.15) is 0 Å². The van der Waals surface area contributed by atoms with Crippen LogP contribution in [-0.2, 0) is 6.61 Å². The summed E-state index contributed by atoms with van der Waals surface area (Å²) in [5.41, 5.74) is 7.32. The molecular weight excluding hydrogens is 261 g/mol. The molecule has 0 atom stereocenters. The molecule has 3 N–H and O–H groups in total. The third-order valence-electron chi connectivity index (χ3n) is 2.96. The molecule has 2 aromatic carbocycles. The molecule has 2 rings (SSSR count). The number of hydrogen-bond acceptors (Lipinski definition) is 3. The highest BCUT2D eigenvalue weighted by atomic mass is 19.1. The number of aryl methyl sites for hydroxylation is 1. The number of carbonyl (C=O) groups is 1. The lowest BCUT2D eigenvalue weighted by atomic mass is 10.1. The fourth-order valence-electron chi connectivity index (χ4n) is 1.77. The molecule has 104 valence electrons. The zero-order valence-electron chi connectivity index (χ0n) is 10.9. The van der Waals surface area contributed by atoms with E-state index in [4.69, 9.17) is 15.6 Å². The average molecular weight is 275 g/mol. The number of hydrogen-bond donors (Lipinski definition) is 2. The van der Waals surface area contributed by atoms with Crippen molar-refractivity contribution in [2.45, 2.75) is 13.5 Å². The summed E-state index contributed by atoms with van der Waals surface area (Å²) >= 11 is 0. The van der Waals surface area contributed by atoms with Crippen molar-refractivity contribution in [1.82, 2.24) is 0 Å². The van der Waals surface area contributed by atoms with Crippen molar-refractivity contribution in [2.24, 2.45) is 0 Å². The number of aromatic carboxylic acids is 1. The molecule has 0 aromatic heterocycles. The van der Waals surface area contributed by atoms with E-state index in [1.54, 1.807) is 12.1 Å². The zero-order chi connectivity index (χ0) is 14.7. The van der Waals surface area contributed by atoms with Crippen LogP contribution in [0.25, 0.3) is 0 Å². The normalized spacial score (nSPS) is 10.3. The molecule has 20 heavy (non-hydrogen) atoms. The monoisotopic (exact) mass is 275 g/mol. The van der Waals surface area contributed by atoms with Gasteiger partial charge in [-0.15, -0.1) is 0 Å². The lowest BCUT2D eigenvalue weighted by Crippen LogP contribution is -2.04. The number of halogens is 1. The van der Waals surface area contributed by atoms with Gasteiger partial charge >= 0.3 is 5.97 Å². The second-order valence-corrected chi connectivity index (χ2v) is 4.41. The lowest BCUT2D eigenvalue weighted by molar-refractivity contribution is 0.0697. The number of nitrogens with two attached hydrogens (primary N) is 1. The van der Waals surface area contributed by atoms with Gasteiger partial charge < -0.3 is 15.6 Å². The average Bonchev–Trinajstić information content (AvgIpc) is 2.41. The maximum absolute atomic E-state index is 13.1. The molecule has 0 aliphatic rings. The van der Waals surface area contributed by atoms with Crippen LogP contribution in [0.2, 0.25) is 0 Å². The van der Waals surface area contributed by atoms with E-state index in [1.165, 1.54) is 24.3 Å². The van der Waals surface area contributed by atoms with Crippen LogP contribution in [0.4, 0.5) is 10.1 Å². The van der Waals surface area contributed by atoms with E-state index in [-0.39, 0.29) is 23.7 Å². The Hall–Kier alpha value is -2.56. The third-order valence-corrected chi connectivity index (χ3v) is 2.96. The van der Waals surface area contributed by atoms with Crippen molar-refractivity contribution in [3.05, 3.63) is 58.9 Å². The van der Waals surface area contributed by atoms with Crippen LogP contribution in [0.5, 0.6) is 5.75 Å². The highest BCUT2D eigenvalue weighted by Gasteiger charge is 2.09. The van der Waals surface area contributed by atoms with Gasteiger partial charge in [0.25, 0.3) is 0 Å². The molecule has 0 fully saturated rings. The van der Waals surface area contributed by atoms with Crippen molar-refractivity contribution in [2.75, 3.05) is 5.73 Å². The Morgan fingerprint density at radius 1 is 1.30 bits per heavy atom. The first kappa shape index (κ1) is 13.9. The molecule has 2 aromatic rings. The smallest absolute Gasteiger partial charge is 0.337 e. The summed E-state index contributed by atoms with van der Waals surface area (Å²) in [4.78, 5) is 11.0. The number of rotatable bonds is 4. The molecule has 0 unspecified atom stereocenters. The first-order chi connectivity index (χ1) is 9.47. The highest BCUT2D eigenvalue weighted by Crippen LogP contribution is 2.21. The summed E-state index contributed by atoms with van der Waals surface area (Å²) in [7, 11) is 0. The van der Waals surface area contributed by atoms with Crippen LogP contribution < -0.4 is 10.5 Å². The van der Waals surface area contributed by atoms with E-state index in [0.717, 1.165) is 5.56 Å². The third kappa shape index (κ3) is 3.06. The van der Waals surface area contributed by atoms with Gasteiger partial charge in [0, 0.05) is 5.69 Å². The molecule has 0 aliphatic carbocycles. The number of carboxylic acid groups (broad SMARTS) is 1. The van der Waals surface area contributed by atoms with Crippen LogP contribution >= 0.6 is 0 Å². The van der Waals surface area contributed by atoms with Crippen molar-refractivity contribution < 1.29 is 19.0 Å². The van der Waals surface area contributed by atoms with E-state index in [2.05, 4.69) is 0 Å². The summed E-state index contributed by atoms with van der Waals surface area (Å²) in [6.45, 7) is 2.01. The molecule has 5 heteroatoms. The van der Waals surface area contributed by atoms with Gasteiger partial charge in [-0.05, 0) is 48.4 Å². The highest BCUT2D eigenvalue weighted by molar-refractivity contribution is 5.94. The quantitative estimate of drug-likeness (QED) is 0.841. The number of nitrogen functional groups attached to an aromatic ring is 1. The minimum absolute atomic E-state index is 0.0153. The zero-order valence-corrected chi connectivity index (χ0v) is 10.9. The summed E-state index contributed by atoms with van der Waals surface area (Å²) in [6, 6.07) is 8.84. The standard InChI is InChI=1S/C15H14FNO3/c1-9-2-3-11(16)6-10(9)8-20-12-4-5-14(17)13(7-12)15(18)19/h2-7H,8,17H2,1H3,(H,18,19). The molecule has 0 saturated heterocycles. The maximum Gasteiger partial charge on any atom is 0.337 e. The second-order valence-electron chi connectivity index (χ2n) is 4.41. The first-order valence-electron chi connectivity index (χ1n) is 5.98. The summed E-state index contributed by atoms with van der Waals surface area (Å²) < 4.78 is 18.6. The minimum atomic E-state index is -1.12. The first-order valence-corrected chi connectivity index (χ1v) is 5.98. The van der Waals surface area contributed by atoms with E-state index in [0.29, 0.717) is 11.3 Å². The summed E-state index contributed by atoms with van der Waals surface area (Å²) in [6.07, 6.45) is 0. The van der Waals surface area contributed by atoms with Crippen molar-refractivity contribution in [1.29, 1.82) is 0 Å². The largest absolute Gasteiger partial charge is 0.489 e. The van der Waals surface area contributed by atoms with Gasteiger partial charge in [0.15, 0.2) is 0 Å². The summed E-state index contributed by atoms with van der Waals surface area (Å²) in [5.74, 6) is -1.08. The molecule has 4 nitrogen and oxygen atoms in total. The van der Waals surface area contributed by atoms with Gasteiger partial charge in [0.05, 0.1) is 5.56 Å². The maximum atomic E-state index is 13.1. The van der Waals surface area contributed by atoms with E-state index < -0.39 is 5.97 Å². The van der Waals surface area contributed by atoms with E-state index in [1.807, 2.05) is 6.92 Å². The molecule has 0 spiro atoms. The predicted octanol–water partition coefficient (Wildman–Crippen LogP) is 2.99. The van der Waals surface area contributed by atoms with E-state index >= 15 is 0 Å². The molecule has 0 heterocycles. The molecular formula is C15H14FNO3. The van der Waals surface area contributed by atoms with Crippen LogP contribution in [-0.4, -0.2) is 11.1 Å². The Kier molecular flexibility index (Phi) is 3.89. The van der Waals surface area contributed by atoms with Gasteiger partial charge in [-0.25, -0.2) is 9.18 Å². The Balaban J connectivity index is 2.17. The molecule has 0 aliphatic heterocycles. The Labute approximate surface area is 115 Å². The lowest BCUT2D eigenvalue weighted by Gasteiger charge is -2.10. The van der Waals surface area contributed by atoms with Crippen LogP contribution in [0, 0.1) is 12.7 Å². The number of ether oxygens (including phenoxy) is 1. The fourth-order valence-corrected chi connectivity index (χ4v) is 1.77. The molecule has 0 saturated carbocycles.